The van der Waals surface area contributed by atoms with E-state index in [1.165, 1.54) is 30.3 Å². The van der Waals surface area contributed by atoms with Crippen LogP contribution in [-0.4, -0.2) is 14.8 Å². The molecular weight excluding hydrogens is 282 g/mol. The largest absolute Gasteiger partial charge is 0.426 e. The fourth-order valence-electron chi connectivity index (χ4n) is 1.53. The van der Waals surface area contributed by atoms with Crippen molar-refractivity contribution in [1.82, 2.24) is 4.98 Å². The van der Waals surface area contributed by atoms with Gasteiger partial charge in [0, 0.05) is 12.1 Å². The van der Waals surface area contributed by atoms with Crippen molar-refractivity contribution in [2.75, 3.05) is 5.43 Å². The molecule has 0 radical (unpaired) electrons. The second-order valence-electron chi connectivity index (χ2n) is 3.75. The van der Waals surface area contributed by atoms with Crippen LogP contribution in [-0.2, 0) is 0 Å². The van der Waals surface area contributed by atoms with Crippen molar-refractivity contribution < 1.29 is 14.6 Å². The first kappa shape index (κ1) is 14.1. The van der Waals surface area contributed by atoms with Crippen LogP contribution >= 0.6 is 0 Å². The summed E-state index contributed by atoms with van der Waals surface area (Å²) in [5.74, 6) is 4.73. The lowest BCUT2D eigenvalue weighted by atomic mass is 10.3. The summed E-state index contributed by atoms with van der Waals surface area (Å²) < 4.78 is 5.22. The van der Waals surface area contributed by atoms with Crippen molar-refractivity contribution in [1.29, 1.82) is 0 Å². The van der Waals surface area contributed by atoms with Crippen LogP contribution in [0.3, 0.4) is 0 Å². The Bertz CT molecular complexity index is 705. The Kier molecular flexibility index (Phi) is 3.90. The highest BCUT2D eigenvalue weighted by Crippen LogP contribution is 2.35. The van der Waals surface area contributed by atoms with Gasteiger partial charge >= 0.3 is 17.3 Å². The number of nitrogens with zero attached hydrogens (tertiary/aromatic N) is 3. The number of nitrogens with one attached hydrogen (secondary N) is 1. The molecule has 0 spiro atoms. The van der Waals surface area contributed by atoms with Gasteiger partial charge in [0.15, 0.2) is 0 Å². The van der Waals surface area contributed by atoms with Crippen molar-refractivity contribution in [3.8, 4) is 11.6 Å². The minimum absolute atomic E-state index is 0.120. The lowest BCUT2D eigenvalue weighted by Crippen LogP contribution is -2.09. The fourth-order valence-corrected chi connectivity index (χ4v) is 1.53. The third-order valence-electron chi connectivity index (χ3n) is 2.45. The Morgan fingerprint density at radius 1 is 1.05 bits per heavy atom. The molecule has 0 amide bonds. The van der Waals surface area contributed by atoms with E-state index in [1.807, 2.05) is 0 Å². The highest BCUT2D eigenvalue weighted by Gasteiger charge is 2.22. The quantitative estimate of drug-likeness (QED) is 0.482. The van der Waals surface area contributed by atoms with E-state index < -0.39 is 21.4 Å². The van der Waals surface area contributed by atoms with Crippen LogP contribution in [0.25, 0.3) is 0 Å². The van der Waals surface area contributed by atoms with Crippen LogP contribution in [0.2, 0.25) is 0 Å². The van der Waals surface area contributed by atoms with Crippen LogP contribution in [0.1, 0.15) is 0 Å². The van der Waals surface area contributed by atoms with Crippen LogP contribution in [0.4, 0.5) is 17.2 Å². The molecule has 1 aromatic heterocycles. The Morgan fingerprint density at radius 3 is 2.33 bits per heavy atom. The van der Waals surface area contributed by atoms with Crippen LogP contribution in [0.15, 0.2) is 36.4 Å². The van der Waals surface area contributed by atoms with E-state index in [0.29, 0.717) is 0 Å². The monoisotopic (exact) mass is 291 g/mol. The highest BCUT2D eigenvalue weighted by molar-refractivity contribution is 5.53. The van der Waals surface area contributed by atoms with Gasteiger partial charge in [0.1, 0.15) is 5.82 Å². The number of rotatable bonds is 5. The number of ether oxygens (including phenoxy) is 1. The number of benzene rings is 1. The normalized spacial score (nSPS) is 9.95. The molecule has 0 saturated heterocycles. The fraction of sp³-hybridized carbons (Fsp3) is 0. The van der Waals surface area contributed by atoms with E-state index in [-0.39, 0.29) is 17.3 Å². The van der Waals surface area contributed by atoms with E-state index in [0.717, 1.165) is 6.07 Å². The average Bonchev–Trinajstić information content (AvgIpc) is 2.47. The van der Waals surface area contributed by atoms with Gasteiger partial charge in [-0.3, -0.25) is 20.2 Å². The molecule has 10 heteroatoms. The SMILES string of the molecule is NNc1ccc([N+](=O)[O-])c(Oc2ccccc2[N+](=O)[O-])n1. The molecule has 0 aliphatic heterocycles. The summed E-state index contributed by atoms with van der Waals surface area (Å²) >= 11 is 0. The standard InChI is InChI=1S/C11H9N5O5/c12-14-10-6-5-8(16(19)20)11(13-10)21-9-4-2-1-3-7(9)15(17)18/h1-6H,12H2,(H,13,14). The number of pyridine rings is 1. The highest BCUT2D eigenvalue weighted by atomic mass is 16.6. The maximum Gasteiger partial charge on any atom is 0.331 e. The second kappa shape index (κ2) is 5.79. The van der Waals surface area contributed by atoms with Gasteiger partial charge in [-0.15, -0.1) is 0 Å². The number of nitrogens with two attached hydrogens (primary N) is 1. The number of hydrazine groups is 1. The third-order valence-corrected chi connectivity index (χ3v) is 2.45. The molecule has 108 valence electrons. The summed E-state index contributed by atoms with van der Waals surface area (Å²) in [5, 5.41) is 21.8. The molecule has 10 nitrogen and oxygen atoms in total. The molecule has 3 N–H and O–H groups in total. The van der Waals surface area contributed by atoms with E-state index in [9.17, 15) is 20.2 Å². The van der Waals surface area contributed by atoms with Gasteiger partial charge in [-0.2, -0.15) is 4.98 Å². The molecule has 0 atom stereocenters. The average molecular weight is 291 g/mol. The van der Waals surface area contributed by atoms with Gasteiger partial charge in [0.05, 0.1) is 9.85 Å². The van der Waals surface area contributed by atoms with Gasteiger partial charge < -0.3 is 10.2 Å². The molecule has 0 aliphatic rings. The molecule has 1 aromatic carbocycles. The first-order chi connectivity index (χ1) is 10.0. The summed E-state index contributed by atoms with van der Waals surface area (Å²) in [6.07, 6.45) is 0. The predicted molar refractivity (Wildman–Crippen MR) is 71.9 cm³/mol. The van der Waals surface area contributed by atoms with Crippen molar-refractivity contribution in [3.05, 3.63) is 56.6 Å². The number of para-hydroxylation sites is 2. The number of hydrogen-bond acceptors (Lipinski definition) is 8. The van der Waals surface area contributed by atoms with Gasteiger partial charge in [-0.05, 0) is 12.1 Å². The predicted octanol–water partition coefficient (Wildman–Crippen LogP) is 1.98. The number of nitrogen functional groups attached to an aromatic ring is 1. The van der Waals surface area contributed by atoms with Crippen LogP contribution in [0, 0.1) is 20.2 Å². The zero-order chi connectivity index (χ0) is 15.4. The molecule has 21 heavy (non-hydrogen) atoms. The lowest BCUT2D eigenvalue weighted by molar-refractivity contribution is -0.387. The zero-order valence-corrected chi connectivity index (χ0v) is 10.4. The van der Waals surface area contributed by atoms with Crippen molar-refractivity contribution in [3.63, 3.8) is 0 Å². The summed E-state index contributed by atoms with van der Waals surface area (Å²) in [6, 6.07) is 7.89. The Labute approximate surface area is 117 Å². The molecule has 2 aromatic rings. The molecule has 2 rings (SSSR count). The minimum Gasteiger partial charge on any atom is -0.426 e. The Morgan fingerprint density at radius 2 is 1.71 bits per heavy atom. The van der Waals surface area contributed by atoms with Crippen LogP contribution < -0.4 is 16.0 Å². The first-order valence-corrected chi connectivity index (χ1v) is 5.56. The van der Waals surface area contributed by atoms with E-state index in [2.05, 4.69) is 10.4 Å². The van der Waals surface area contributed by atoms with Gasteiger partial charge in [0.2, 0.25) is 5.75 Å². The molecule has 0 saturated carbocycles. The molecule has 0 aliphatic carbocycles. The zero-order valence-electron chi connectivity index (χ0n) is 10.4. The van der Waals surface area contributed by atoms with E-state index in [4.69, 9.17) is 10.6 Å². The summed E-state index contributed by atoms with van der Waals surface area (Å²) in [6.45, 7) is 0. The summed E-state index contributed by atoms with van der Waals surface area (Å²) in [7, 11) is 0. The van der Waals surface area contributed by atoms with Gasteiger partial charge in [0.25, 0.3) is 0 Å². The van der Waals surface area contributed by atoms with Gasteiger partial charge in [-0.25, -0.2) is 5.84 Å². The molecule has 0 unspecified atom stereocenters. The van der Waals surface area contributed by atoms with E-state index in [1.54, 1.807) is 0 Å². The molecular formula is C11H9N5O5. The second-order valence-corrected chi connectivity index (χ2v) is 3.75. The maximum absolute atomic E-state index is 10.9. The Balaban J connectivity index is 2.48. The number of aromatic nitrogens is 1. The summed E-state index contributed by atoms with van der Waals surface area (Å²) in [4.78, 5) is 24.2. The minimum atomic E-state index is -0.711. The van der Waals surface area contributed by atoms with Crippen molar-refractivity contribution in [2.24, 2.45) is 5.84 Å². The number of nitro groups is 2. The summed E-state index contributed by atoms with van der Waals surface area (Å²) in [5.41, 5.74) is 1.44. The lowest BCUT2D eigenvalue weighted by Gasteiger charge is -2.07. The maximum atomic E-state index is 10.9. The molecule has 1 heterocycles. The molecule has 0 fully saturated rings. The van der Waals surface area contributed by atoms with Gasteiger partial charge in [-0.1, -0.05) is 12.1 Å². The Hall–Kier alpha value is -3.27. The third kappa shape index (κ3) is 3.01. The number of hydrogen-bond donors (Lipinski definition) is 2. The van der Waals surface area contributed by atoms with Crippen molar-refractivity contribution in [2.45, 2.75) is 0 Å². The first-order valence-electron chi connectivity index (χ1n) is 5.56. The molecule has 0 bridgehead atoms. The van der Waals surface area contributed by atoms with Crippen LogP contribution in [0.5, 0.6) is 11.6 Å². The number of anilines is 1. The smallest absolute Gasteiger partial charge is 0.331 e. The number of nitro benzene ring substituents is 1. The van der Waals surface area contributed by atoms with E-state index >= 15 is 0 Å². The topological polar surface area (TPSA) is 146 Å². The van der Waals surface area contributed by atoms with Crippen molar-refractivity contribution >= 4 is 17.2 Å².